The van der Waals surface area contributed by atoms with E-state index in [1.807, 2.05) is 11.3 Å². The van der Waals surface area contributed by atoms with Gasteiger partial charge in [-0.05, 0) is 48.9 Å². The van der Waals surface area contributed by atoms with Gasteiger partial charge >= 0.3 is 0 Å². The highest BCUT2D eigenvalue weighted by Gasteiger charge is 2.17. The van der Waals surface area contributed by atoms with Crippen LogP contribution in [0.1, 0.15) is 5.56 Å². The van der Waals surface area contributed by atoms with Crippen molar-refractivity contribution in [3.05, 3.63) is 90.5 Å². The number of fused-ring (bicyclic) bond motifs is 7. The minimum Gasteiger partial charge on any atom is -0.309 e. The second kappa shape index (κ2) is 5.45. The number of thiophene rings is 1. The summed E-state index contributed by atoms with van der Waals surface area (Å²) in [6, 6.07) is 30.9. The van der Waals surface area contributed by atoms with E-state index in [1.165, 1.54) is 53.2 Å². The van der Waals surface area contributed by atoms with Crippen LogP contribution in [0.4, 0.5) is 0 Å². The van der Waals surface area contributed by atoms with Gasteiger partial charge in [-0.25, -0.2) is 0 Å². The summed E-state index contributed by atoms with van der Waals surface area (Å²) in [5.41, 5.74) is 5.04. The number of aromatic nitrogens is 1. The van der Waals surface area contributed by atoms with Crippen LogP contribution in [0.3, 0.4) is 0 Å². The molecule has 0 N–H and O–H groups in total. The third-order valence-corrected chi connectivity index (χ3v) is 6.57. The second-order valence-corrected chi connectivity index (χ2v) is 8.21. The predicted octanol–water partition coefficient (Wildman–Crippen LogP) is 7.46. The standard InChI is InChI=1S/C25H17NS/c1-16-7-6-8-17(15-16)26-20-11-4-2-9-18(20)24-21(26)13-14-23-25(24)19-10-3-5-12-22(19)27-23/h2-15H,1H3. The molecule has 0 aliphatic rings. The third kappa shape index (κ3) is 2.05. The zero-order chi connectivity index (χ0) is 18.0. The molecule has 4 aromatic carbocycles. The molecular formula is C25H17NS. The van der Waals surface area contributed by atoms with E-state index in [2.05, 4.69) is 96.4 Å². The van der Waals surface area contributed by atoms with E-state index in [-0.39, 0.29) is 0 Å². The predicted molar refractivity (Wildman–Crippen MR) is 118 cm³/mol. The molecule has 0 atom stereocenters. The second-order valence-electron chi connectivity index (χ2n) is 7.12. The molecule has 2 aromatic heterocycles. The summed E-state index contributed by atoms with van der Waals surface area (Å²) in [5, 5.41) is 5.43. The zero-order valence-corrected chi connectivity index (χ0v) is 15.8. The summed E-state index contributed by atoms with van der Waals surface area (Å²) in [5.74, 6) is 0. The largest absolute Gasteiger partial charge is 0.309 e. The highest BCUT2D eigenvalue weighted by Crippen LogP contribution is 2.43. The van der Waals surface area contributed by atoms with Crippen LogP contribution in [-0.4, -0.2) is 4.57 Å². The van der Waals surface area contributed by atoms with Gasteiger partial charge in [-0.1, -0.05) is 48.5 Å². The van der Waals surface area contributed by atoms with Gasteiger partial charge in [0, 0.05) is 36.6 Å². The molecule has 0 aliphatic heterocycles. The van der Waals surface area contributed by atoms with Gasteiger partial charge in [0.2, 0.25) is 0 Å². The number of rotatable bonds is 1. The van der Waals surface area contributed by atoms with Gasteiger partial charge in [0.15, 0.2) is 0 Å². The molecule has 1 nitrogen and oxygen atoms in total. The average Bonchev–Trinajstić information content (AvgIpc) is 3.23. The fraction of sp³-hybridized carbons (Fsp3) is 0.0400. The number of nitrogens with zero attached hydrogens (tertiary/aromatic N) is 1. The Morgan fingerprint density at radius 3 is 2.33 bits per heavy atom. The lowest BCUT2D eigenvalue weighted by Crippen LogP contribution is -1.93. The molecule has 0 amide bonds. The molecule has 0 spiro atoms. The van der Waals surface area contributed by atoms with Gasteiger partial charge in [-0.3, -0.25) is 0 Å². The van der Waals surface area contributed by atoms with E-state index in [1.54, 1.807) is 0 Å². The van der Waals surface area contributed by atoms with Crippen LogP contribution >= 0.6 is 11.3 Å². The lowest BCUT2D eigenvalue weighted by Gasteiger charge is -2.08. The molecule has 0 saturated carbocycles. The summed E-state index contributed by atoms with van der Waals surface area (Å²) < 4.78 is 5.12. The van der Waals surface area contributed by atoms with Crippen LogP contribution in [-0.2, 0) is 0 Å². The Kier molecular flexibility index (Phi) is 3.03. The Morgan fingerprint density at radius 2 is 1.44 bits per heavy atom. The average molecular weight is 363 g/mol. The van der Waals surface area contributed by atoms with Crippen LogP contribution in [0.5, 0.6) is 0 Å². The van der Waals surface area contributed by atoms with Gasteiger partial charge in [0.1, 0.15) is 0 Å². The Balaban J connectivity index is 1.90. The fourth-order valence-corrected chi connectivity index (χ4v) is 5.43. The molecular weight excluding hydrogens is 346 g/mol. The number of hydrogen-bond acceptors (Lipinski definition) is 1. The molecule has 0 bridgehead atoms. The maximum absolute atomic E-state index is 2.41. The van der Waals surface area contributed by atoms with E-state index in [0.717, 1.165) is 0 Å². The lowest BCUT2D eigenvalue weighted by molar-refractivity contribution is 1.17. The van der Waals surface area contributed by atoms with Gasteiger partial charge in [0.05, 0.1) is 11.0 Å². The highest BCUT2D eigenvalue weighted by molar-refractivity contribution is 7.26. The monoisotopic (exact) mass is 363 g/mol. The van der Waals surface area contributed by atoms with E-state index in [4.69, 9.17) is 0 Å². The van der Waals surface area contributed by atoms with Crippen molar-refractivity contribution in [3.8, 4) is 5.69 Å². The molecule has 6 aromatic rings. The van der Waals surface area contributed by atoms with E-state index >= 15 is 0 Å². The molecule has 0 saturated heterocycles. The molecule has 27 heavy (non-hydrogen) atoms. The smallest absolute Gasteiger partial charge is 0.0548 e. The van der Waals surface area contributed by atoms with Crippen LogP contribution in [0.15, 0.2) is 84.9 Å². The minimum atomic E-state index is 1.22. The van der Waals surface area contributed by atoms with E-state index < -0.39 is 0 Å². The molecule has 0 unspecified atom stereocenters. The summed E-state index contributed by atoms with van der Waals surface area (Å²) in [7, 11) is 0. The Bertz CT molecular complexity index is 1480. The van der Waals surface area contributed by atoms with E-state index in [9.17, 15) is 0 Å². The number of benzene rings is 4. The van der Waals surface area contributed by atoms with Gasteiger partial charge in [0.25, 0.3) is 0 Å². The van der Waals surface area contributed by atoms with Gasteiger partial charge in [-0.15, -0.1) is 11.3 Å². The number of aryl methyl sites for hydroxylation is 1. The maximum Gasteiger partial charge on any atom is 0.0548 e. The van der Waals surface area contributed by atoms with Gasteiger partial charge < -0.3 is 4.57 Å². The minimum absolute atomic E-state index is 1.22. The molecule has 2 heterocycles. The summed E-state index contributed by atoms with van der Waals surface area (Å²) in [6.07, 6.45) is 0. The van der Waals surface area contributed by atoms with Gasteiger partial charge in [-0.2, -0.15) is 0 Å². The van der Waals surface area contributed by atoms with Crippen molar-refractivity contribution >= 4 is 53.3 Å². The van der Waals surface area contributed by atoms with Crippen LogP contribution in [0, 0.1) is 6.92 Å². The fourth-order valence-electron chi connectivity index (χ4n) is 4.32. The van der Waals surface area contributed by atoms with Crippen molar-refractivity contribution in [2.24, 2.45) is 0 Å². The molecule has 0 fully saturated rings. The van der Waals surface area contributed by atoms with Crippen molar-refractivity contribution in [2.75, 3.05) is 0 Å². The van der Waals surface area contributed by atoms with Crippen LogP contribution in [0.2, 0.25) is 0 Å². The van der Waals surface area contributed by atoms with Crippen molar-refractivity contribution < 1.29 is 0 Å². The first-order chi connectivity index (χ1) is 13.3. The molecule has 6 rings (SSSR count). The van der Waals surface area contributed by atoms with Crippen LogP contribution < -0.4 is 0 Å². The molecule has 128 valence electrons. The first kappa shape index (κ1) is 15.0. The van der Waals surface area contributed by atoms with Crippen molar-refractivity contribution in [3.63, 3.8) is 0 Å². The third-order valence-electron chi connectivity index (χ3n) is 5.44. The summed E-state index contributed by atoms with van der Waals surface area (Å²) in [4.78, 5) is 0. The first-order valence-corrected chi connectivity index (χ1v) is 10.0. The Hall–Kier alpha value is -3.10. The Morgan fingerprint density at radius 1 is 0.630 bits per heavy atom. The quantitative estimate of drug-likeness (QED) is 0.286. The zero-order valence-electron chi connectivity index (χ0n) is 14.9. The number of hydrogen-bond donors (Lipinski definition) is 0. The summed E-state index contributed by atoms with van der Waals surface area (Å²) >= 11 is 1.88. The number of para-hydroxylation sites is 1. The normalized spacial score (nSPS) is 11.9. The Labute approximate surface area is 161 Å². The van der Waals surface area contributed by atoms with Crippen molar-refractivity contribution in [1.82, 2.24) is 4.57 Å². The van der Waals surface area contributed by atoms with Crippen LogP contribution in [0.25, 0.3) is 47.7 Å². The molecule has 0 radical (unpaired) electrons. The molecule has 0 aliphatic carbocycles. The SMILES string of the molecule is Cc1cccc(-n2c3ccccc3c3c4c(ccc32)sc2ccccc24)c1. The summed E-state index contributed by atoms with van der Waals surface area (Å²) in [6.45, 7) is 2.15. The molecule has 2 heteroatoms. The topological polar surface area (TPSA) is 4.93 Å². The highest BCUT2D eigenvalue weighted by atomic mass is 32.1. The maximum atomic E-state index is 2.41. The first-order valence-electron chi connectivity index (χ1n) is 9.22. The van der Waals surface area contributed by atoms with Crippen molar-refractivity contribution in [2.45, 2.75) is 6.92 Å². The van der Waals surface area contributed by atoms with Crippen molar-refractivity contribution in [1.29, 1.82) is 0 Å². The van der Waals surface area contributed by atoms with E-state index in [0.29, 0.717) is 0 Å². The lowest BCUT2D eigenvalue weighted by atomic mass is 10.1.